The summed E-state index contributed by atoms with van der Waals surface area (Å²) in [6.45, 7) is 0. The number of nitrogens with zero attached hydrogens (tertiary/aromatic N) is 2. The van der Waals surface area contributed by atoms with Crippen molar-refractivity contribution in [3.8, 4) is 39.7 Å². The fraction of sp³-hybridized carbons (Fsp3) is 0.0870. The number of hydrogen-bond acceptors (Lipinski definition) is 2. The third-order valence-electron chi connectivity index (χ3n) is 4.54. The maximum Gasteiger partial charge on any atom is 0.140 e. The minimum atomic E-state index is 0.848. The molecule has 4 aromatic rings. The van der Waals surface area contributed by atoms with Crippen LogP contribution >= 0.6 is 0 Å². The van der Waals surface area contributed by atoms with E-state index in [1.165, 1.54) is 0 Å². The summed E-state index contributed by atoms with van der Waals surface area (Å²) in [7, 11) is 3.75. The van der Waals surface area contributed by atoms with Crippen LogP contribution in [0.15, 0.2) is 84.9 Å². The molecule has 0 bridgehead atoms. The first kappa shape index (κ1) is 16.2. The molecule has 0 N–H and O–H groups in total. The van der Waals surface area contributed by atoms with Gasteiger partial charge >= 0.3 is 0 Å². The molecule has 3 heteroatoms. The van der Waals surface area contributed by atoms with Crippen molar-refractivity contribution in [2.24, 2.45) is 7.05 Å². The van der Waals surface area contributed by atoms with E-state index in [2.05, 4.69) is 48.0 Å². The molecule has 0 aliphatic heterocycles. The molecule has 26 heavy (non-hydrogen) atoms. The Bertz CT molecular complexity index is 1000. The lowest BCUT2D eigenvalue weighted by atomic mass is 10.0. The van der Waals surface area contributed by atoms with Gasteiger partial charge in [-0.2, -0.15) is 0 Å². The van der Waals surface area contributed by atoms with Gasteiger partial charge in [-0.3, -0.25) is 0 Å². The SMILES string of the molecule is COc1ccc(-c2c(-c3ccccc3)nc(-c3ccccc3)n2C)cc1. The van der Waals surface area contributed by atoms with E-state index in [-0.39, 0.29) is 0 Å². The lowest BCUT2D eigenvalue weighted by molar-refractivity contribution is 0.415. The Balaban J connectivity index is 1.94. The van der Waals surface area contributed by atoms with Crippen molar-refractivity contribution in [2.75, 3.05) is 7.11 Å². The fourth-order valence-electron chi connectivity index (χ4n) is 3.22. The molecule has 3 aromatic carbocycles. The predicted molar refractivity (Wildman–Crippen MR) is 106 cm³/mol. The van der Waals surface area contributed by atoms with Gasteiger partial charge in [-0.1, -0.05) is 60.7 Å². The zero-order chi connectivity index (χ0) is 17.9. The summed E-state index contributed by atoms with van der Waals surface area (Å²) >= 11 is 0. The van der Waals surface area contributed by atoms with Gasteiger partial charge < -0.3 is 9.30 Å². The molecule has 0 fully saturated rings. The molecule has 1 aromatic heterocycles. The second kappa shape index (κ2) is 6.89. The summed E-state index contributed by atoms with van der Waals surface area (Å²) in [6, 6.07) is 28.7. The smallest absolute Gasteiger partial charge is 0.140 e. The van der Waals surface area contributed by atoms with E-state index in [4.69, 9.17) is 9.72 Å². The Kier molecular flexibility index (Phi) is 4.28. The number of imidazole rings is 1. The van der Waals surface area contributed by atoms with Crippen LogP contribution in [0.25, 0.3) is 33.9 Å². The zero-order valence-corrected chi connectivity index (χ0v) is 14.9. The van der Waals surface area contributed by atoms with Gasteiger partial charge in [0, 0.05) is 23.7 Å². The summed E-state index contributed by atoms with van der Waals surface area (Å²) in [4.78, 5) is 5.00. The van der Waals surface area contributed by atoms with Gasteiger partial charge in [-0.25, -0.2) is 4.98 Å². The predicted octanol–water partition coefficient (Wildman–Crippen LogP) is 5.43. The van der Waals surface area contributed by atoms with Crippen LogP contribution < -0.4 is 4.74 Å². The lowest BCUT2D eigenvalue weighted by Gasteiger charge is -2.09. The molecule has 1 heterocycles. The highest BCUT2D eigenvalue weighted by molar-refractivity contribution is 5.82. The Morgan fingerprint density at radius 2 is 1.27 bits per heavy atom. The van der Waals surface area contributed by atoms with Crippen molar-refractivity contribution < 1.29 is 4.74 Å². The molecule has 0 unspecified atom stereocenters. The second-order valence-electron chi connectivity index (χ2n) is 6.15. The highest BCUT2D eigenvalue weighted by atomic mass is 16.5. The van der Waals surface area contributed by atoms with Gasteiger partial charge in [0.2, 0.25) is 0 Å². The van der Waals surface area contributed by atoms with E-state index in [0.29, 0.717) is 0 Å². The third-order valence-corrected chi connectivity index (χ3v) is 4.54. The van der Waals surface area contributed by atoms with Crippen molar-refractivity contribution in [2.45, 2.75) is 0 Å². The molecule has 0 aliphatic carbocycles. The number of hydrogen-bond donors (Lipinski definition) is 0. The molecule has 128 valence electrons. The van der Waals surface area contributed by atoms with Crippen LogP contribution in [-0.2, 0) is 7.05 Å². The molecule has 3 nitrogen and oxygen atoms in total. The minimum Gasteiger partial charge on any atom is -0.497 e. The van der Waals surface area contributed by atoms with Crippen LogP contribution in [0, 0.1) is 0 Å². The first-order valence-corrected chi connectivity index (χ1v) is 8.60. The lowest BCUT2D eigenvalue weighted by Crippen LogP contribution is -1.96. The summed E-state index contributed by atoms with van der Waals surface area (Å²) in [6.07, 6.45) is 0. The monoisotopic (exact) mass is 340 g/mol. The molecule has 0 saturated heterocycles. The Labute approximate surface area is 153 Å². The van der Waals surface area contributed by atoms with E-state index in [1.54, 1.807) is 7.11 Å². The normalized spacial score (nSPS) is 10.7. The molecule has 0 amide bonds. The van der Waals surface area contributed by atoms with Crippen LogP contribution in [0.1, 0.15) is 0 Å². The topological polar surface area (TPSA) is 27.1 Å². The highest BCUT2D eigenvalue weighted by Crippen LogP contribution is 2.35. The Morgan fingerprint density at radius 1 is 0.692 bits per heavy atom. The summed E-state index contributed by atoms with van der Waals surface area (Å²) in [5.74, 6) is 1.80. The van der Waals surface area contributed by atoms with E-state index in [0.717, 1.165) is 39.7 Å². The molecular weight excluding hydrogens is 320 g/mol. The quantitative estimate of drug-likeness (QED) is 0.495. The first-order valence-electron chi connectivity index (χ1n) is 8.60. The van der Waals surface area contributed by atoms with Crippen molar-refractivity contribution in [3.05, 3.63) is 84.9 Å². The Hall–Kier alpha value is -3.33. The molecule has 0 atom stereocenters. The van der Waals surface area contributed by atoms with Gasteiger partial charge in [0.05, 0.1) is 18.5 Å². The summed E-state index contributed by atoms with van der Waals surface area (Å²) in [5.41, 5.74) is 5.40. The van der Waals surface area contributed by atoms with Crippen molar-refractivity contribution >= 4 is 0 Å². The molecular formula is C23H20N2O. The number of ether oxygens (including phenoxy) is 1. The van der Waals surface area contributed by atoms with Crippen molar-refractivity contribution in [1.29, 1.82) is 0 Å². The number of aromatic nitrogens is 2. The van der Waals surface area contributed by atoms with Crippen LogP contribution in [0.3, 0.4) is 0 Å². The maximum absolute atomic E-state index is 5.30. The van der Waals surface area contributed by atoms with Crippen molar-refractivity contribution in [1.82, 2.24) is 9.55 Å². The van der Waals surface area contributed by atoms with Gasteiger partial charge in [0.15, 0.2) is 0 Å². The largest absolute Gasteiger partial charge is 0.497 e. The van der Waals surface area contributed by atoms with E-state index in [9.17, 15) is 0 Å². The summed E-state index contributed by atoms with van der Waals surface area (Å²) < 4.78 is 7.47. The molecule has 4 rings (SSSR count). The Morgan fingerprint density at radius 3 is 1.85 bits per heavy atom. The average Bonchev–Trinajstić information content (AvgIpc) is 3.06. The summed E-state index contributed by atoms with van der Waals surface area (Å²) in [5, 5.41) is 0. The van der Waals surface area contributed by atoms with E-state index >= 15 is 0 Å². The molecule has 0 saturated carbocycles. The van der Waals surface area contributed by atoms with Gasteiger partial charge in [-0.15, -0.1) is 0 Å². The zero-order valence-electron chi connectivity index (χ0n) is 14.9. The maximum atomic E-state index is 5.30. The minimum absolute atomic E-state index is 0.848. The van der Waals surface area contributed by atoms with Crippen molar-refractivity contribution in [3.63, 3.8) is 0 Å². The molecule has 0 aliphatic rings. The molecule has 0 spiro atoms. The standard InChI is InChI=1S/C23H20N2O/c1-25-22(18-13-15-20(26-2)16-14-18)21(17-9-5-3-6-10-17)24-23(25)19-11-7-4-8-12-19/h3-16H,1-2H3. The van der Waals surface area contributed by atoms with E-state index in [1.807, 2.05) is 48.5 Å². The van der Waals surface area contributed by atoms with Crippen LogP contribution in [0.4, 0.5) is 0 Å². The van der Waals surface area contributed by atoms with Gasteiger partial charge in [0.1, 0.15) is 11.6 Å². The van der Waals surface area contributed by atoms with Gasteiger partial charge in [-0.05, 0) is 24.3 Å². The highest BCUT2D eigenvalue weighted by Gasteiger charge is 2.18. The molecule has 0 radical (unpaired) electrons. The van der Waals surface area contributed by atoms with Crippen LogP contribution in [0.5, 0.6) is 5.75 Å². The first-order chi connectivity index (χ1) is 12.8. The number of benzene rings is 3. The average molecular weight is 340 g/mol. The third kappa shape index (κ3) is 2.88. The second-order valence-corrected chi connectivity index (χ2v) is 6.15. The van der Waals surface area contributed by atoms with Crippen LogP contribution in [-0.4, -0.2) is 16.7 Å². The van der Waals surface area contributed by atoms with Gasteiger partial charge in [0.25, 0.3) is 0 Å². The van der Waals surface area contributed by atoms with E-state index < -0.39 is 0 Å². The number of methoxy groups -OCH3 is 1. The number of rotatable bonds is 4. The fourth-order valence-corrected chi connectivity index (χ4v) is 3.22. The van der Waals surface area contributed by atoms with Crippen LogP contribution in [0.2, 0.25) is 0 Å².